The summed E-state index contributed by atoms with van der Waals surface area (Å²) < 4.78 is 5.69. The van der Waals surface area contributed by atoms with Crippen molar-refractivity contribution in [1.82, 2.24) is 0 Å². The lowest BCUT2D eigenvalue weighted by Gasteiger charge is -2.04. The van der Waals surface area contributed by atoms with E-state index >= 15 is 0 Å². The molecule has 1 heteroatoms. The highest BCUT2D eigenvalue weighted by Crippen LogP contribution is 2.17. The fourth-order valence-corrected chi connectivity index (χ4v) is 4.04. The van der Waals surface area contributed by atoms with Gasteiger partial charge in [-0.2, -0.15) is 0 Å². The predicted octanol–water partition coefficient (Wildman–Crippen LogP) is 10.3. The van der Waals surface area contributed by atoms with E-state index < -0.39 is 0 Å². The Morgan fingerprint density at radius 1 is 0.600 bits per heavy atom. The Labute approximate surface area is 188 Å². The van der Waals surface area contributed by atoms with E-state index in [4.69, 9.17) is 4.74 Å². The Bertz CT molecular complexity index is 505. The minimum atomic E-state index is 0.964. The summed E-state index contributed by atoms with van der Waals surface area (Å²) in [5.74, 6) is 0.964. The molecule has 0 aliphatic heterocycles. The SMILES string of the molecule is CCCCCCCCCCCCCCCCCCCC/C=C/Oc1ccccc1C. The molecule has 0 N–H and O–H groups in total. The summed E-state index contributed by atoms with van der Waals surface area (Å²) in [5, 5.41) is 0. The van der Waals surface area contributed by atoms with Gasteiger partial charge in [-0.05, 0) is 37.5 Å². The molecule has 0 unspecified atom stereocenters. The van der Waals surface area contributed by atoms with Crippen molar-refractivity contribution >= 4 is 0 Å². The van der Waals surface area contributed by atoms with E-state index in [9.17, 15) is 0 Å². The topological polar surface area (TPSA) is 9.23 Å². The molecular weight excluding hydrogens is 364 g/mol. The standard InChI is InChI=1S/C29H50O/c1-3-4-5-6-7-8-9-10-11-12-13-14-15-16-17-18-19-20-21-24-27-30-29-26-23-22-25-28(29)2/h22-27H,3-21H2,1-2H3/b27-24+. The number of hydrogen-bond acceptors (Lipinski definition) is 1. The highest BCUT2D eigenvalue weighted by molar-refractivity contribution is 5.32. The van der Waals surface area contributed by atoms with Gasteiger partial charge < -0.3 is 4.74 Å². The average Bonchev–Trinajstić information content (AvgIpc) is 2.76. The second-order valence-electron chi connectivity index (χ2n) is 9.05. The van der Waals surface area contributed by atoms with Gasteiger partial charge in [0.15, 0.2) is 0 Å². The smallest absolute Gasteiger partial charge is 0.129 e. The molecular formula is C29H50O. The van der Waals surface area contributed by atoms with Crippen molar-refractivity contribution in [3.63, 3.8) is 0 Å². The summed E-state index contributed by atoms with van der Waals surface area (Å²) in [7, 11) is 0. The first-order valence-electron chi connectivity index (χ1n) is 13.2. The molecule has 0 heterocycles. The molecule has 1 nitrogen and oxygen atoms in total. The monoisotopic (exact) mass is 414 g/mol. The van der Waals surface area contributed by atoms with E-state index in [-0.39, 0.29) is 0 Å². The molecule has 0 aliphatic carbocycles. The van der Waals surface area contributed by atoms with Crippen molar-refractivity contribution in [2.75, 3.05) is 0 Å². The minimum absolute atomic E-state index is 0.964. The summed E-state index contributed by atoms with van der Waals surface area (Å²) in [6.45, 7) is 4.38. The van der Waals surface area contributed by atoms with Crippen LogP contribution in [0.15, 0.2) is 36.6 Å². The molecule has 1 aromatic rings. The van der Waals surface area contributed by atoms with Crippen molar-refractivity contribution in [2.45, 2.75) is 136 Å². The zero-order valence-electron chi connectivity index (χ0n) is 20.3. The second-order valence-corrected chi connectivity index (χ2v) is 9.05. The zero-order chi connectivity index (χ0) is 21.5. The van der Waals surface area contributed by atoms with Crippen LogP contribution in [0.3, 0.4) is 0 Å². The number of rotatable bonds is 21. The number of allylic oxidation sites excluding steroid dienone is 1. The van der Waals surface area contributed by atoms with Crippen molar-refractivity contribution < 1.29 is 4.74 Å². The van der Waals surface area contributed by atoms with Crippen LogP contribution in [0.4, 0.5) is 0 Å². The Morgan fingerprint density at radius 3 is 1.50 bits per heavy atom. The highest BCUT2D eigenvalue weighted by atomic mass is 16.5. The number of unbranched alkanes of at least 4 members (excludes halogenated alkanes) is 18. The molecule has 0 saturated heterocycles. The largest absolute Gasteiger partial charge is 0.465 e. The summed E-state index contributed by atoms with van der Waals surface area (Å²) in [6, 6.07) is 8.17. The fourth-order valence-electron chi connectivity index (χ4n) is 4.04. The van der Waals surface area contributed by atoms with Crippen LogP contribution in [0.5, 0.6) is 5.75 Å². The van der Waals surface area contributed by atoms with Gasteiger partial charge in [-0.25, -0.2) is 0 Å². The van der Waals surface area contributed by atoms with Gasteiger partial charge in [0.2, 0.25) is 0 Å². The van der Waals surface area contributed by atoms with Crippen LogP contribution in [0.25, 0.3) is 0 Å². The van der Waals surface area contributed by atoms with Crippen LogP contribution >= 0.6 is 0 Å². The van der Waals surface area contributed by atoms with E-state index in [0.717, 1.165) is 12.2 Å². The minimum Gasteiger partial charge on any atom is -0.465 e. The van der Waals surface area contributed by atoms with Crippen LogP contribution in [0.1, 0.15) is 134 Å². The molecule has 0 aliphatic rings. The Morgan fingerprint density at radius 2 is 1.03 bits per heavy atom. The van der Waals surface area contributed by atoms with Gasteiger partial charge in [0.05, 0.1) is 6.26 Å². The van der Waals surface area contributed by atoms with E-state index in [0.29, 0.717) is 0 Å². The lowest BCUT2D eigenvalue weighted by Crippen LogP contribution is -1.85. The molecule has 0 aromatic heterocycles. The maximum Gasteiger partial charge on any atom is 0.129 e. The van der Waals surface area contributed by atoms with Crippen LogP contribution in [-0.2, 0) is 0 Å². The number of hydrogen-bond donors (Lipinski definition) is 0. The van der Waals surface area contributed by atoms with E-state index in [2.05, 4.69) is 26.0 Å². The van der Waals surface area contributed by atoms with Gasteiger partial charge in [-0.3, -0.25) is 0 Å². The van der Waals surface area contributed by atoms with Crippen LogP contribution < -0.4 is 4.74 Å². The Hall–Kier alpha value is -1.24. The van der Waals surface area contributed by atoms with Crippen LogP contribution in [0, 0.1) is 6.92 Å². The van der Waals surface area contributed by atoms with Crippen molar-refractivity contribution in [3.05, 3.63) is 42.2 Å². The van der Waals surface area contributed by atoms with Crippen molar-refractivity contribution in [1.29, 1.82) is 0 Å². The van der Waals surface area contributed by atoms with E-state index in [1.807, 2.05) is 24.5 Å². The normalized spacial score (nSPS) is 11.4. The predicted molar refractivity (Wildman–Crippen MR) is 134 cm³/mol. The third-order valence-electron chi connectivity index (χ3n) is 6.11. The third-order valence-corrected chi connectivity index (χ3v) is 6.11. The molecule has 0 atom stereocenters. The molecule has 1 aromatic carbocycles. The lowest BCUT2D eigenvalue weighted by atomic mass is 10.0. The molecule has 1 rings (SSSR count). The zero-order valence-corrected chi connectivity index (χ0v) is 20.3. The average molecular weight is 415 g/mol. The third kappa shape index (κ3) is 16.5. The quantitative estimate of drug-likeness (QED) is 0.143. The first kappa shape index (κ1) is 26.8. The maximum absolute atomic E-state index is 5.69. The molecule has 172 valence electrons. The number of para-hydroxylation sites is 1. The molecule has 0 amide bonds. The van der Waals surface area contributed by atoms with Gasteiger partial charge in [-0.15, -0.1) is 0 Å². The second kappa shape index (κ2) is 21.0. The molecule has 0 spiro atoms. The van der Waals surface area contributed by atoms with E-state index in [1.54, 1.807) is 0 Å². The van der Waals surface area contributed by atoms with Crippen molar-refractivity contribution in [3.8, 4) is 5.75 Å². The lowest BCUT2D eigenvalue weighted by molar-refractivity contribution is 0.473. The van der Waals surface area contributed by atoms with Crippen molar-refractivity contribution in [2.24, 2.45) is 0 Å². The fraction of sp³-hybridized carbons (Fsp3) is 0.724. The molecule has 0 saturated carbocycles. The highest BCUT2D eigenvalue weighted by Gasteiger charge is 1.96. The maximum atomic E-state index is 5.69. The summed E-state index contributed by atoms with van der Waals surface area (Å²) in [5.41, 5.74) is 1.19. The van der Waals surface area contributed by atoms with Gasteiger partial charge in [0, 0.05) is 0 Å². The van der Waals surface area contributed by atoms with Gasteiger partial charge in [0.25, 0.3) is 0 Å². The summed E-state index contributed by atoms with van der Waals surface area (Å²) in [4.78, 5) is 0. The molecule has 0 radical (unpaired) electrons. The van der Waals surface area contributed by atoms with Gasteiger partial charge in [-0.1, -0.05) is 134 Å². The van der Waals surface area contributed by atoms with Gasteiger partial charge in [0.1, 0.15) is 5.75 Å². The molecule has 0 fully saturated rings. The van der Waals surface area contributed by atoms with Crippen LogP contribution in [0.2, 0.25) is 0 Å². The molecule has 0 bridgehead atoms. The van der Waals surface area contributed by atoms with Crippen LogP contribution in [-0.4, -0.2) is 0 Å². The number of benzene rings is 1. The summed E-state index contributed by atoms with van der Waals surface area (Å²) in [6.07, 6.45) is 30.9. The van der Waals surface area contributed by atoms with E-state index in [1.165, 1.54) is 121 Å². The summed E-state index contributed by atoms with van der Waals surface area (Å²) >= 11 is 0. The number of ether oxygens (including phenoxy) is 1. The first-order chi connectivity index (χ1) is 14.8. The van der Waals surface area contributed by atoms with Gasteiger partial charge >= 0.3 is 0 Å². The Kier molecular flexibility index (Phi) is 18.8. The Balaban J connectivity index is 1.74. The number of aryl methyl sites for hydroxylation is 1. The molecule has 30 heavy (non-hydrogen) atoms. The first-order valence-corrected chi connectivity index (χ1v) is 13.2.